The molecule has 0 spiro atoms. The molecule has 1 saturated carbocycles. The standard InChI is InChI=1S/C15H22ClN/c1-12-8-9-13(15(16)10-12)11-17-14-6-4-2-3-5-7-14/h8-10,14,17H,2-7,11H2,1H3. The van der Waals surface area contributed by atoms with Gasteiger partial charge in [0.2, 0.25) is 0 Å². The topological polar surface area (TPSA) is 12.0 Å². The lowest BCUT2D eigenvalue weighted by Crippen LogP contribution is -2.27. The van der Waals surface area contributed by atoms with Gasteiger partial charge in [0.05, 0.1) is 0 Å². The molecule has 0 aromatic heterocycles. The number of halogens is 1. The van der Waals surface area contributed by atoms with Gasteiger partial charge in [-0.3, -0.25) is 0 Å². The molecule has 17 heavy (non-hydrogen) atoms. The quantitative estimate of drug-likeness (QED) is 0.782. The van der Waals surface area contributed by atoms with Crippen LogP contribution in [-0.2, 0) is 6.54 Å². The summed E-state index contributed by atoms with van der Waals surface area (Å²) < 4.78 is 0. The van der Waals surface area contributed by atoms with Crippen LogP contribution < -0.4 is 5.32 Å². The van der Waals surface area contributed by atoms with Crippen molar-refractivity contribution in [2.75, 3.05) is 0 Å². The first kappa shape index (κ1) is 12.9. The largest absolute Gasteiger partial charge is 0.310 e. The van der Waals surface area contributed by atoms with Gasteiger partial charge in [0.15, 0.2) is 0 Å². The lowest BCUT2D eigenvalue weighted by Gasteiger charge is -2.16. The molecule has 2 rings (SSSR count). The van der Waals surface area contributed by atoms with Gasteiger partial charge in [-0.05, 0) is 37.0 Å². The first-order valence-corrected chi connectivity index (χ1v) is 7.12. The lowest BCUT2D eigenvalue weighted by atomic mass is 10.1. The summed E-state index contributed by atoms with van der Waals surface area (Å²) >= 11 is 6.24. The minimum Gasteiger partial charge on any atom is -0.310 e. The van der Waals surface area contributed by atoms with E-state index < -0.39 is 0 Å². The zero-order valence-electron chi connectivity index (χ0n) is 10.6. The van der Waals surface area contributed by atoms with Gasteiger partial charge in [0.1, 0.15) is 0 Å². The number of hydrogen-bond donors (Lipinski definition) is 1. The summed E-state index contributed by atoms with van der Waals surface area (Å²) in [6.45, 7) is 2.98. The predicted molar refractivity (Wildman–Crippen MR) is 74.5 cm³/mol. The van der Waals surface area contributed by atoms with Crippen LogP contribution >= 0.6 is 11.6 Å². The van der Waals surface area contributed by atoms with Crippen molar-refractivity contribution in [2.45, 2.75) is 58.0 Å². The molecule has 1 aliphatic rings. The van der Waals surface area contributed by atoms with E-state index in [1.54, 1.807) is 0 Å². The fraction of sp³-hybridized carbons (Fsp3) is 0.600. The Morgan fingerprint density at radius 2 is 1.88 bits per heavy atom. The summed E-state index contributed by atoms with van der Waals surface area (Å²) in [5, 5.41) is 4.55. The molecule has 0 saturated heterocycles. The van der Waals surface area contributed by atoms with Crippen molar-refractivity contribution >= 4 is 11.6 Å². The number of aryl methyl sites for hydroxylation is 1. The van der Waals surface area contributed by atoms with Crippen LogP contribution in [0.15, 0.2) is 18.2 Å². The van der Waals surface area contributed by atoms with E-state index in [4.69, 9.17) is 11.6 Å². The fourth-order valence-electron chi connectivity index (χ4n) is 2.53. The normalized spacial score (nSPS) is 18.0. The Balaban J connectivity index is 1.88. The summed E-state index contributed by atoms with van der Waals surface area (Å²) in [5.41, 5.74) is 2.45. The van der Waals surface area contributed by atoms with Crippen LogP contribution in [0.2, 0.25) is 5.02 Å². The minimum atomic E-state index is 0.690. The third kappa shape index (κ3) is 4.01. The van der Waals surface area contributed by atoms with E-state index in [1.807, 2.05) is 6.07 Å². The second kappa shape index (κ2) is 6.42. The third-order valence-electron chi connectivity index (χ3n) is 3.64. The van der Waals surface area contributed by atoms with Gasteiger partial charge in [0, 0.05) is 17.6 Å². The molecule has 0 heterocycles. The van der Waals surface area contributed by atoms with Gasteiger partial charge in [-0.25, -0.2) is 0 Å². The number of nitrogens with one attached hydrogen (secondary N) is 1. The molecule has 94 valence electrons. The summed E-state index contributed by atoms with van der Waals surface area (Å²) in [7, 11) is 0. The van der Waals surface area contributed by atoms with Crippen LogP contribution in [0.4, 0.5) is 0 Å². The first-order valence-electron chi connectivity index (χ1n) is 6.74. The van der Waals surface area contributed by atoms with Crippen LogP contribution in [0.5, 0.6) is 0 Å². The van der Waals surface area contributed by atoms with Crippen LogP contribution in [0.25, 0.3) is 0 Å². The van der Waals surface area contributed by atoms with Crippen molar-refractivity contribution in [2.24, 2.45) is 0 Å². The van der Waals surface area contributed by atoms with E-state index in [-0.39, 0.29) is 0 Å². The first-order chi connectivity index (χ1) is 8.25. The van der Waals surface area contributed by atoms with Crippen molar-refractivity contribution in [3.8, 4) is 0 Å². The number of hydrogen-bond acceptors (Lipinski definition) is 1. The molecule has 1 aromatic carbocycles. The maximum Gasteiger partial charge on any atom is 0.0453 e. The monoisotopic (exact) mass is 251 g/mol. The highest BCUT2D eigenvalue weighted by molar-refractivity contribution is 6.31. The molecule has 2 heteroatoms. The van der Waals surface area contributed by atoms with Crippen molar-refractivity contribution in [1.29, 1.82) is 0 Å². The van der Waals surface area contributed by atoms with Crippen LogP contribution in [0.1, 0.15) is 49.7 Å². The second-order valence-corrected chi connectivity index (χ2v) is 5.57. The Morgan fingerprint density at radius 1 is 1.18 bits per heavy atom. The fourth-order valence-corrected chi connectivity index (χ4v) is 2.84. The third-order valence-corrected chi connectivity index (χ3v) is 4.00. The number of rotatable bonds is 3. The zero-order chi connectivity index (χ0) is 12.1. The van der Waals surface area contributed by atoms with Gasteiger partial charge in [-0.1, -0.05) is 49.4 Å². The maximum absolute atomic E-state index is 6.24. The second-order valence-electron chi connectivity index (χ2n) is 5.16. The van der Waals surface area contributed by atoms with Crippen LogP contribution in [0, 0.1) is 6.92 Å². The molecule has 0 amide bonds. The average molecular weight is 252 g/mol. The maximum atomic E-state index is 6.24. The van der Waals surface area contributed by atoms with Crippen LogP contribution in [-0.4, -0.2) is 6.04 Å². The Morgan fingerprint density at radius 3 is 2.53 bits per heavy atom. The zero-order valence-corrected chi connectivity index (χ0v) is 11.4. The Labute approximate surface area is 110 Å². The molecule has 0 aliphatic heterocycles. The predicted octanol–water partition coefficient (Wildman–Crippen LogP) is 4.46. The van der Waals surface area contributed by atoms with Crippen LogP contribution in [0.3, 0.4) is 0 Å². The van der Waals surface area contributed by atoms with Crippen molar-refractivity contribution < 1.29 is 0 Å². The van der Waals surface area contributed by atoms with Gasteiger partial charge in [-0.2, -0.15) is 0 Å². The lowest BCUT2D eigenvalue weighted by molar-refractivity contribution is 0.459. The number of benzene rings is 1. The molecule has 1 nitrogen and oxygen atoms in total. The molecule has 0 unspecified atom stereocenters. The summed E-state index contributed by atoms with van der Waals surface area (Å²) in [4.78, 5) is 0. The van der Waals surface area contributed by atoms with Crippen molar-refractivity contribution in [1.82, 2.24) is 5.32 Å². The molecule has 0 atom stereocenters. The highest BCUT2D eigenvalue weighted by atomic mass is 35.5. The molecule has 1 aromatic rings. The van der Waals surface area contributed by atoms with Gasteiger partial charge < -0.3 is 5.32 Å². The molecule has 0 radical (unpaired) electrons. The Bertz CT molecular complexity index is 354. The molecular formula is C15H22ClN. The van der Waals surface area contributed by atoms with Gasteiger partial charge in [0.25, 0.3) is 0 Å². The van der Waals surface area contributed by atoms with Gasteiger partial charge >= 0.3 is 0 Å². The van der Waals surface area contributed by atoms with E-state index in [0.29, 0.717) is 6.04 Å². The molecule has 1 aliphatic carbocycles. The Kier molecular flexibility index (Phi) is 4.87. The van der Waals surface area contributed by atoms with Crippen molar-refractivity contribution in [3.63, 3.8) is 0 Å². The molecule has 1 fully saturated rings. The van der Waals surface area contributed by atoms with E-state index in [1.165, 1.54) is 49.7 Å². The summed E-state index contributed by atoms with van der Waals surface area (Å²) in [6.07, 6.45) is 8.21. The van der Waals surface area contributed by atoms with E-state index in [0.717, 1.165) is 11.6 Å². The van der Waals surface area contributed by atoms with Gasteiger partial charge in [-0.15, -0.1) is 0 Å². The highest BCUT2D eigenvalue weighted by Crippen LogP contribution is 2.20. The molecule has 0 bridgehead atoms. The summed E-state index contributed by atoms with van der Waals surface area (Å²) in [5.74, 6) is 0. The van der Waals surface area contributed by atoms with E-state index in [2.05, 4.69) is 24.4 Å². The molecular weight excluding hydrogens is 230 g/mol. The minimum absolute atomic E-state index is 0.690. The van der Waals surface area contributed by atoms with Crippen molar-refractivity contribution in [3.05, 3.63) is 34.3 Å². The summed E-state index contributed by atoms with van der Waals surface area (Å²) in [6, 6.07) is 7.01. The smallest absolute Gasteiger partial charge is 0.0453 e. The van der Waals surface area contributed by atoms with E-state index in [9.17, 15) is 0 Å². The average Bonchev–Trinajstić information content (AvgIpc) is 2.56. The Hall–Kier alpha value is -0.530. The SMILES string of the molecule is Cc1ccc(CNC2CCCCCC2)c(Cl)c1. The van der Waals surface area contributed by atoms with E-state index >= 15 is 0 Å². The highest BCUT2D eigenvalue weighted by Gasteiger charge is 2.11. The molecule has 1 N–H and O–H groups in total.